The Labute approximate surface area is 140 Å². The number of rotatable bonds is 5. The van der Waals surface area contributed by atoms with Crippen molar-refractivity contribution in [2.24, 2.45) is 4.99 Å². The van der Waals surface area contributed by atoms with Gasteiger partial charge in [-0.05, 0) is 26.3 Å². The van der Waals surface area contributed by atoms with Crippen LogP contribution >= 0.6 is 11.8 Å². The number of Topliss-reactive ketones (excluding diaryl/α,β-unsaturated/α-hetero) is 1. The van der Waals surface area contributed by atoms with Gasteiger partial charge in [0, 0.05) is 11.3 Å². The molecule has 1 N–H and O–H groups in total. The van der Waals surface area contributed by atoms with Crippen molar-refractivity contribution in [2.45, 2.75) is 26.8 Å². The third-order valence-corrected chi connectivity index (χ3v) is 4.21. The van der Waals surface area contributed by atoms with Gasteiger partial charge in [-0.25, -0.2) is 4.99 Å². The Balaban J connectivity index is 2.24. The first-order valence-corrected chi connectivity index (χ1v) is 8.41. The third kappa shape index (κ3) is 4.45. The predicted molar refractivity (Wildman–Crippen MR) is 92.2 cm³/mol. The lowest BCUT2D eigenvalue weighted by Crippen LogP contribution is -2.30. The molecular formula is C17H20N2O3S. The van der Waals surface area contributed by atoms with Crippen LogP contribution in [0.4, 0.5) is 0 Å². The summed E-state index contributed by atoms with van der Waals surface area (Å²) in [7, 11) is 0. The summed E-state index contributed by atoms with van der Waals surface area (Å²) < 4.78 is 4.92. The minimum Gasteiger partial charge on any atom is -0.465 e. The Morgan fingerprint density at radius 2 is 2.00 bits per heavy atom. The van der Waals surface area contributed by atoms with Crippen LogP contribution in [-0.2, 0) is 14.3 Å². The molecule has 0 saturated carbocycles. The van der Waals surface area contributed by atoms with Crippen molar-refractivity contribution in [2.75, 3.05) is 12.4 Å². The van der Waals surface area contributed by atoms with Crippen LogP contribution < -0.4 is 5.32 Å². The minimum atomic E-state index is -0.348. The number of nitrogens with one attached hydrogen (secondary N) is 1. The number of aliphatic imine (C=N–C) groups is 1. The van der Waals surface area contributed by atoms with Gasteiger partial charge in [0.25, 0.3) is 0 Å². The number of nitrogens with zero attached hydrogens (tertiary/aromatic N) is 1. The lowest BCUT2D eigenvalue weighted by Gasteiger charge is -2.25. The van der Waals surface area contributed by atoms with E-state index in [9.17, 15) is 9.59 Å². The van der Waals surface area contributed by atoms with E-state index in [-0.39, 0.29) is 23.5 Å². The average Bonchev–Trinajstić information content (AvgIpc) is 2.53. The van der Waals surface area contributed by atoms with E-state index in [4.69, 9.17) is 4.74 Å². The highest BCUT2D eigenvalue weighted by Crippen LogP contribution is 2.32. The summed E-state index contributed by atoms with van der Waals surface area (Å²) in [5.74, 6) is -0.108. The van der Waals surface area contributed by atoms with E-state index in [1.807, 2.05) is 37.3 Å². The van der Waals surface area contributed by atoms with E-state index >= 15 is 0 Å². The fourth-order valence-corrected chi connectivity index (χ4v) is 3.13. The second-order valence-corrected chi connectivity index (χ2v) is 6.03. The molecular weight excluding hydrogens is 312 g/mol. The monoisotopic (exact) mass is 332 g/mol. The molecule has 0 aromatic heterocycles. The van der Waals surface area contributed by atoms with Crippen LogP contribution in [-0.4, -0.2) is 29.3 Å². The number of ketones is 1. The zero-order chi connectivity index (χ0) is 16.8. The first-order valence-electron chi connectivity index (χ1n) is 7.42. The summed E-state index contributed by atoms with van der Waals surface area (Å²) in [6, 6.07) is 9.32. The topological polar surface area (TPSA) is 67.8 Å². The number of carbonyl (C=O) groups excluding carboxylic acids is 2. The molecule has 1 atom stereocenters. The first kappa shape index (κ1) is 17.3. The number of esters is 1. The molecule has 0 aliphatic carbocycles. The molecule has 0 bridgehead atoms. The van der Waals surface area contributed by atoms with Gasteiger partial charge >= 0.3 is 5.97 Å². The van der Waals surface area contributed by atoms with Crippen molar-refractivity contribution >= 4 is 28.7 Å². The molecule has 1 aliphatic heterocycles. The maximum Gasteiger partial charge on any atom is 0.316 e. The van der Waals surface area contributed by atoms with E-state index in [1.165, 1.54) is 11.8 Å². The summed E-state index contributed by atoms with van der Waals surface area (Å²) >= 11 is 1.28. The van der Waals surface area contributed by atoms with Crippen molar-refractivity contribution in [3.05, 3.63) is 47.2 Å². The highest BCUT2D eigenvalue weighted by Gasteiger charge is 2.27. The number of hydrogen-bond acceptors (Lipinski definition) is 6. The second-order valence-electron chi connectivity index (χ2n) is 5.06. The Morgan fingerprint density at radius 1 is 1.30 bits per heavy atom. The number of hydrogen-bond donors (Lipinski definition) is 1. The van der Waals surface area contributed by atoms with Crippen LogP contribution in [0.5, 0.6) is 0 Å². The standard InChI is InChI=1S/C17H20N2O3S/c1-4-22-14(21)10-23-17-18-11(2)15(12(3)20)16(19-17)13-8-6-5-7-9-13/h5-9,16H,4,10H2,1-3H3,(H,18,19). The predicted octanol–water partition coefficient (Wildman–Crippen LogP) is 2.85. The van der Waals surface area contributed by atoms with Crippen molar-refractivity contribution < 1.29 is 14.3 Å². The number of carbonyl (C=O) groups is 2. The smallest absolute Gasteiger partial charge is 0.316 e. The van der Waals surface area contributed by atoms with Crippen molar-refractivity contribution in [1.29, 1.82) is 0 Å². The van der Waals surface area contributed by atoms with Crippen LogP contribution in [0.15, 0.2) is 46.6 Å². The van der Waals surface area contributed by atoms with E-state index in [0.29, 0.717) is 17.3 Å². The number of allylic oxidation sites excluding steroid dienone is 1. The molecule has 6 heteroatoms. The van der Waals surface area contributed by atoms with Gasteiger partial charge in [-0.1, -0.05) is 42.1 Å². The van der Waals surface area contributed by atoms with Crippen molar-refractivity contribution in [3.63, 3.8) is 0 Å². The minimum absolute atomic E-state index is 0.0120. The quantitative estimate of drug-likeness (QED) is 0.840. The zero-order valence-corrected chi connectivity index (χ0v) is 14.3. The molecule has 2 rings (SSSR count). The van der Waals surface area contributed by atoms with Crippen molar-refractivity contribution in [1.82, 2.24) is 5.32 Å². The van der Waals surface area contributed by atoms with Crippen molar-refractivity contribution in [3.8, 4) is 0 Å². The molecule has 0 saturated heterocycles. The fraction of sp³-hybridized carbons (Fsp3) is 0.353. The molecule has 1 aliphatic rings. The van der Waals surface area contributed by atoms with Gasteiger partial charge in [0.2, 0.25) is 0 Å². The lowest BCUT2D eigenvalue weighted by atomic mass is 9.94. The summed E-state index contributed by atoms with van der Waals surface area (Å²) in [4.78, 5) is 28.1. The van der Waals surface area contributed by atoms with Crippen LogP contribution in [0.1, 0.15) is 32.4 Å². The molecule has 1 heterocycles. The Hall–Kier alpha value is -2.08. The highest BCUT2D eigenvalue weighted by atomic mass is 32.2. The largest absolute Gasteiger partial charge is 0.465 e. The van der Waals surface area contributed by atoms with Crippen LogP contribution in [0.2, 0.25) is 0 Å². The number of thioether (sulfide) groups is 1. The van der Waals surface area contributed by atoms with Gasteiger partial charge in [-0.15, -0.1) is 0 Å². The lowest BCUT2D eigenvalue weighted by molar-refractivity contribution is -0.139. The molecule has 5 nitrogen and oxygen atoms in total. The summed E-state index contributed by atoms with van der Waals surface area (Å²) in [5, 5.41) is 3.73. The average molecular weight is 332 g/mol. The van der Waals surface area contributed by atoms with E-state index in [2.05, 4.69) is 10.3 Å². The molecule has 0 amide bonds. The van der Waals surface area contributed by atoms with Crippen LogP contribution in [0.25, 0.3) is 0 Å². The zero-order valence-electron chi connectivity index (χ0n) is 13.5. The summed E-state index contributed by atoms with van der Waals surface area (Å²) in [6.45, 7) is 5.53. The van der Waals surface area contributed by atoms with Gasteiger partial charge in [-0.2, -0.15) is 0 Å². The van der Waals surface area contributed by atoms with Gasteiger partial charge in [0.1, 0.15) is 6.04 Å². The van der Waals surface area contributed by atoms with Gasteiger partial charge in [0.15, 0.2) is 11.0 Å². The molecule has 23 heavy (non-hydrogen) atoms. The SMILES string of the molecule is CCOC(=O)CSC1=NC(c2ccccc2)C(C(C)=O)=C(C)N1. The molecule has 1 aromatic rings. The normalized spacial score (nSPS) is 17.3. The summed E-state index contributed by atoms with van der Waals surface area (Å²) in [6.07, 6.45) is 0. The Kier molecular flexibility index (Phi) is 5.98. The fourth-order valence-electron chi connectivity index (χ4n) is 2.38. The first-order chi connectivity index (χ1) is 11.0. The maximum atomic E-state index is 12.0. The van der Waals surface area contributed by atoms with E-state index in [0.717, 1.165) is 11.3 Å². The maximum absolute atomic E-state index is 12.0. The molecule has 0 radical (unpaired) electrons. The van der Waals surface area contributed by atoms with Gasteiger partial charge in [-0.3, -0.25) is 9.59 Å². The Morgan fingerprint density at radius 3 is 2.61 bits per heavy atom. The second kappa shape index (κ2) is 7.97. The van der Waals surface area contributed by atoms with Gasteiger partial charge in [0.05, 0.1) is 12.4 Å². The molecule has 1 aromatic carbocycles. The van der Waals surface area contributed by atoms with Gasteiger partial charge < -0.3 is 10.1 Å². The molecule has 0 spiro atoms. The summed E-state index contributed by atoms with van der Waals surface area (Å²) in [5.41, 5.74) is 2.37. The number of benzene rings is 1. The molecule has 1 unspecified atom stereocenters. The van der Waals surface area contributed by atoms with Crippen LogP contribution in [0.3, 0.4) is 0 Å². The van der Waals surface area contributed by atoms with Crippen LogP contribution in [0, 0.1) is 0 Å². The third-order valence-electron chi connectivity index (χ3n) is 3.34. The van der Waals surface area contributed by atoms with E-state index in [1.54, 1.807) is 13.8 Å². The molecule has 122 valence electrons. The Bertz CT molecular complexity index is 653. The van der Waals surface area contributed by atoms with E-state index < -0.39 is 0 Å². The number of ether oxygens (including phenoxy) is 1. The molecule has 0 fully saturated rings. The number of amidine groups is 1. The highest BCUT2D eigenvalue weighted by molar-refractivity contribution is 8.14.